The molecular formula is C12H22ClN. The predicted octanol–water partition coefficient (Wildman–Crippen LogP) is 3.34. The molecule has 0 amide bonds. The molecule has 82 valence electrons. The molecule has 0 radical (unpaired) electrons. The maximum Gasteiger partial charge on any atom is 0.0404 e. The maximum atomic E-state index is 5.51. The quantitative estimate of drug-likeness (QED) is 0.390. The van der Waals surface area contributed by atoms with Gasteiger partial charge in [-0.05, 0) is 25.3 Å². The van der Waals surface area contributed by atoms with Crippen LogP contribution in [-0.2, 0) is 0 Å². The van der Waals surface area contributed by atoms with Crippen LogP contribution >= 0.6 is 11.6 Å². The van der Waals surface area contributed by atoms with Crippen molar-refractivity contribution in [3.05, 3.63) is 12.2 Å². The van der Waals surface area contributed by atoms with Gasteiger partial charge in [0, 0.05) is 12.4 Å². The van der Waals surface area contributed by atoms with Gasteiger partial charge in [-0.3, -0.25) is 0 Å². The average molecular weight is 216 g/mol. The minimum atomic E-state index is 0.629. The third kappa shape index (κ3) is 5.66. The van der Waals surface area contributed by atoms with Gasteiger partial charge in [-0.25, -0.2) is 0 Å². The molecular weight excluding hydrogens is 194 g/mol. The first-order valence-electron chi connectivity index (χ1n) is 5.85. The fourth-order valence-corrected chi connectivity index (χ4v) is 2.27. The third-order valence-corrected chi connectivity index (χ3v) is 3.14. The molecule has 0 heterocycles. The largest absolute Gasteiger partial charge is 0.313 e. The van der Waals surface area contributed by atoms with Crippen molar-refractivity contribution in [3.63, 3.8) is 0 Å². The highest BCUT2D eigenvalue weighted by Crippen LogP contribution is 2.28. The van der Waals surface area contributed by atoms with E-state index in [1.165, 1.54) is 38.5 Å². The summed E-state index contributed by atoms with van der Waals surface area (Å²) in [4.78, 5) is 0. The lowest BCUT2D eigenvalue weighted by Crippen LogP contribution is -2.15. The van der Waals surface area contributed by atoms with Gasteiger partial charge in [0.15, 0.2) is 0 Å². The van der Waals surface area contributed by atoms with Crippen LogP contribution in [0.4, 0.5) is 0 Å². The number of allylic oxidation sites excluding steroid dienone is 1. The Kier molecular flexibility index (Phi) is 7.16. The second kappa shape index (κ2) is 8.31. The van der Waals surface area contributed by atoms with E-state index in [0.717, 1.165) is 19.0 Å². The smallest absolute Gasteiger partial charge is 0.0404 e. The van der Waals surface area contributed by atoms with Crippen molar-refractivity contribution in [1.29, 1.82) is 0 Å². The van der Waals surface area contributed by atoms with Crippen LogP contribution in [0.1, 0.15) is 38.5 Å². The van der Waals surface area contributed by atoms with Gasteiger partial charge in [0.25, 0.3) is 0 Å². The van der Waals surface area contributed by atoms with Crippen LogP contribution in [0.25, 0.3) is 0 Å². The lowest BCUT2D eigenvalue weighted by molar-refractivity contribution is 0.475. The monoisotopic (exact) mass is 215 g/mol. The minimum Gasteiger partial charge on any atom is -0.313 e. The molecule has 0 bridgehead atoms. The highest BCUT2D eigenvalue weighted by atomic mass is 35.5. The molecule has 0 aromatic heterocycles. The van der Waals surface area contributed by atoms with Crippen LogP contribution in [0, 0.1) is 5.92 Å². The molecule has 0 aromatic rings. The SMILES string of the molecule is ClC/C=C/CNCCCC1CCCC1. The van der Waals surface area contributed by atoms with Gasteiger partial charge in [-0.2, -0.15) is 0 Å². The molecule has 0 aliphatic heterocycles. The number of halogens is 1. The van der Waals surface area contributed by atoms with Gasteiger partial charge in [-0.1, -0.05) is 37.8 Å². The summed E-state index contributed by atoms with van der Waals surface area (Å²) in [5.74, 6) is 1.67. The van der Waals surface area contributed by atoms with Gasteiger partial charge in [0.2, 0.25) is 0 Å². The zero-order valence-corrected chi connectivity index (χ0v) is 9.73. The second-order valence-electron chi connectivity index (χ2n) is 4.12. The van der Waals surface area contributed by atoms with E-state index in [1.54, 1.807) is 0 Å². The summed E-state index contributed by atoms with van der Waals surface area (Å²) in [5, 5.41) is 3.40. The van der Waals surface area contributed by atoms with Gasteiger partial charge in [0.1, 0.15) is 0 Å². The molecule has 1 fully saturated rings. The molecule has 1 nitrogen and oxygen atoms in total. The van der Waals surface area contributed by atoms with Crippen LogP contribution in [0.5, 0.6) is 0 Å². The van der Waals surface area contributed by atoms with E-state index in [1.807, 2.05) is 6.08 Å². The van der Waals surface area contributed by atoms with E-state index in [9.17, 15) is 0 Å². The summed E-state index contributed by atoms with van der Waals surface area (Å²) in [5.41, 5.74) is 0. The van der Waals surface area contributed by atoms with Gasteiger partial charge >= 0.3 is 0 Å². The molecule has 0 aromatic carbocycles. The number of hydrogen-bond donors (Lipinski definition) is 1. The molecule has 1 N–H and O–H groups in total. The first-order valence-corrected chi connectivity index (χ1v) is 6.38. The highest BCUT2D eigenvalue weighted by Gasteiger charge is 2.13. The second-order valence-corrected chi connectivity index (χ2v) is 4.43. The first kappa shape index (κ1) is 12.1. The molecule has 0 spiro atoms. The molecule has 1 aliphatic rings. The van der Waals surface area contributed by atoms with Crippen molar-refractivity contribution in [1.82, 2.24) is 5.32 Å². The maximum absolute atomic E-state index is 5.51. The first-order chi connectivity index (χ1) is 6.93. The predicted molar refractivity (Wildman–Crippen MR) is 63.9 cm³/mol. The van der Waals surface area contributed by atoms with Crippen molar-refractivity contribution in [3.8, 4) is 0 Å². The molecule has 1 saturated carbocycles. The van der Waals surface area contributed by atoms with Crippen molar-refractivity contribution < 1.29 is 0 Å². The Bertz CT molecular complexity index is 150. The van der Waals surface area contributed by atoms with E-state index < -0.39 is 0 Å². The molecule has 2 heteroatoms. The molecule has 0 atom stereocenters. The zero-order valence-electron chi connectivity index (χ0n) is 8.97. The molecule has 0 saturated heterocycles. The van der Waals surface area contributed by atoms with E-state index >= 15 is 0 Å². The molecule has 1 rings (SSSR count). The fraction of sp³-hybridized carbons (Fsp3) is 0.833. The minimum absolute atomic E-state index is 0.629. The van der Waals surface area contributed by atoms with Crippen LogP contribution < -0.4 is 5.32 Å². The van der Waals surface area contributed by atoms with Crippen molar-refractivity contribution in [2.24, 2.45) is 5.92 Å². The van der Waals surface area contributed by atoms with Crippen LogP contribution in [-0.4, -0.2) is 19.0 Å². The number of nitrogens with one attached hydrogen (secondary N) is 1. The van der Waals surface area contributed by atoms with Gasteiger partial charge in [-0.15, -0.1) is 11.6 Å². The zero-order chi connectivity index (χ0) is 10.1. The Balaban J connectivity index is 1.81. The van der Waals surface area contributed by atoms with E-state index in [2.05, 4.69) is 11.4 Å². The molecule has 0 unspecified atom stereocenters. The van der Waals surface area contributed by atoms with Crippen LogP contribution in [0.2, 0.25) is 0 Å². The lowest BCUT2D eigenvalue weighted by Gasteiger charge is -2.08. The summed E-state index contributed by atoms with van der Waals surface area (Å²) < 4.78 is 0. The van der Waals surface area contributed by atoms with Crippen LogP contribution in [0.3, 0.4) is 0 Å². The van der Waals surface area contributed by atoms with Crippen molar-refractivity contribution >= 4 is 11.6 Å². The third-order valence-electron chi connectivity index (χ3n) is 2.96. The van der Waals surface area contributed by atoms with Crippen LogP contribution in [0.15, 0.2) is 12.2 Å². The average Bonchev–Trinajstić information content (AvgIpc) is 2.69. The topological polar surface area (TPSA) is 12.0 Å². The Hall–Kier alpha value is -0.0100. The fourth-order valence-electron chi connectivity index (χ4n) is 2.15. The van der Waals surface area contributed by atoms with E-state index in [4.69, 9.17) is 11.6 Å². The molecule has 1 aliphatic carbocycles. The Morgan fingerprint density at radius 1 is 1.21 bits per heavy atom. The number of alkyl halides is 1. The standard InChI is InChI=1S/C12H22ClN/c13-9-3-4-10-14-11-5-8-12-6-1-2-7-12/h3-4,12,14H,1-2,5-11H2/b4-3+. The van der Waals surface area contributed by atoms with Gasteiger partial charge in [0.05, 0.1) is 0 Å². The Labute approximate surface area is 92.9 Å². The van der Waals surface area contributed by atoms with Crippen molar-refractivity contribution in [2.45, 2.75) is 38.5 Å². The lowest BCUT2D eigenvalue weighted by atomic mass is 10.0. The van der Waals surface area contributed by atoms with E-state index in [-0.39, 0.29) is 0 Å². The normalized spacial score (nSPS) is 18.4. The van der Waals surface area contributed by atoms with E-state index in [0.29, 0.717) is 5.88 Å². The highest BCUT2D eigenvalue weighted by molar-refractivity contribution is 6.18. The van der Waals surface area contributed by atoms with Crippen molar-refractivity contribution in [2.75, 3.05) is 19.0 Å². The Morgan fingerprint density at radius 3 is 2.71 bits per heavy atom. The summed E-state index contributed by atoms with van der Waals surface area (Å²) in [7, 11) is 0. The molecule has 14 heavy (non-hydrogen) atoms. The summed E-state index contributed by atoms with van der Waals surface area (Å²) in [6, 6.07) is 0. The summed E-state index contributed by atoms with van der Waals surface area (Å²) >= 11 is 5.51. The summed E-state index contributed by atoms with van der Waals surface area (Å²) in [6.07, 6.45) is 12.7. The Morgan fingerprint density at radius 2 is 2.00 bits per heavy atom. The number of hydrogen-bond acceptors (Lipinski definition) is 1. The van der Waals surface area contributed by atoms with Gasteiger partial charge < -0.3 is 5.32 Å². The number of rotatable bonds is 7. The summed E-state index contributed by atoms with van der Waals surface area (Å²) in [6.45, 7) is 2.13.